The molecule has 2 aromatic rings. The van der Waals surface area contributed by atoms with Crippen molar-refractivity contribution in [1.82, 2.24) is 0 Å². The number of aryl methyl sites for hydroxylation is 1. The van der Waals surface area contributed by atoms with Crippen molar-refractivity contribution >= 4 is 0 Å². The van der Waals surface area contributed by atoms with Gasteiger partial charge in [0.15, 0.2) is 0 Å². The van der Waals surface area contributed by atoms with Crippen molar-refractivity contribution in [1.29, 1.82) is 0 Å². The van der Waals surface area contributed by atoms with Crippen molar-refractivity contribution in [3.63, 3.8) is 0 Å². The lowest BCUT2D eigenvalue weighted by atomic mass is 9.94. The van der Waals surface area contributed by atoms with Gasteiger partial charge in [-0.2, -0.15) is 0 Å². The lowest BCUT2D eigenvalue weighted by Crippen LogP contribution is -1.90. The van der Waals surface area contributed by atoms with Crippen molar-refractivity contribution in [3.05, 3.63) is 59.2 Å². The molecule has 0 heterocycles. The second-order valence-electron chi connectivity index (χ2n) is 4.97. The van der Waals surface area contributed by atoms with Gasteiger partial charge in [-0.15, -0.1) is 6.42 Å². The van der Waals surface area contributed by atoms with E-state index in [1.807, 2.05) is 6.07 Å². The Kier molecular flexibility index (Phi) is 3.53. The molecule has 0 heteroatoms. The molecule has 0 bridgehead atoms. The molecular formula is C18H18. The van der Waals surface area contributed by atoms with E-state index in [0.717, 1.165) is 11.1 Å². The van der Waals surface area contributed by atoms with Gasteiger partial charge in [-0.1, -0.05) is 61.7 Å². The maximum atomic E-state index is 5.59. The van der Waals surface area contributed by atoms with Crippen LogP contribution in [0.4, 0.5) is 0 Å². The number of rotatable bonds is 2. The molecule has 0 unspecified atom stereocenters. The van der Waals surface area contributed by atoms with Crippen LogP contribution in [0.1, 0.15) is 36.5 Å². The van der Waals surface area contributed by atoms with Crippen LogP contribution < -0.4 is 0 Å². The van der Waals surface area contributed by atoms with Gasteiger partial charge < -0.3 is 0 Å². The van der Waals surface area contributed by atoms with Gasteiger partial charge in [-0.3, -0.25) is 0 Å². The lowest BCUT2D eigenvalue weighted by molar-refractivity contribution is 0.867. The fourth-order valence-electron chi connectivity index (χ4n) is 2.09. The standard InChI is InChI=1S/C18H18/c1-5-15-10-9-14(4)11-18(15)17-8-6-7-16(12-17)13(2)3/h1,6-13H,2-4H3. The molecule has 2 rings (SSSR count). The molecule has 0 amide bonds. The monoisotopic (exact) mass is 234 g/mol. The summed E-state index contributed by atoms with van der Waals surface area (Å²) in [5, 5.41) is 0. The SMILES string of the molecule is C#Cc1ccc(C)cc1-c1cccc(C(C)C)c1. The van der Waals surface area contributed by atoms with Crippen LogP contribution in [0.15, 0.2) is 42.5 Å². The minimum Gasteiger partial charge on any atom is -0.115 e. The smallest absolute Gasteiger partial charge is 0.0321 e. The van der Waals surface area contributed by atoms with Crippen LogP contribution in [0.5, 0.6) is 0 Å². The predicted octanol–water partition coefficient (Wildman–Crippen LogP) is 4.77. The first-order valence-electron chi connectivity index (χ1n) is 6.29. The zero-order chi connectivity index (χ0) is 13.1. The summed E-state index contributed by atoms with van der Waals surface area (Å²) in [5.74, 6) is 3.30. The Morgan fingerprint density at radius 3 is 2.50 bits per heavy atom. The first kappa shape index (κ1) is 12.5. The zero-order valence-corrected chi connectivity index (χ0v) is 11.2. The average molecular weight is 234 g/mol. The highest BCUT2D eigenvalue weighted by Gasteiger charge is 2.06. The molecule has 0 aliphatic heterocycles. The Morgan fingerprint density at radius 2 is 1.83 bits per heavy atom. The van der Waals surface area contributed by atoms with E-state index in [9.17, 15) is 0 Å². The fourth-order valence-corrected chi connectivity index (χ4v) is 2.09. The van der Waals surface area contributed by atoms with Gasteiger partial charge in [-0.05, 0) is 35.6 Å². The van der Waals surface area contributed by atoms with E-state index in [1.165, 1.54) is 16.7 Å². The average Bonchev–Trinajstić information content (AvgIpc) is 2.39. The molecule has 18 heavy (non-hydrogen) atoms. The summed E-state index contributed by atoms with van der Waals surface area (Å²) in [6, 6.07) is 14.9. The van der Waals surface area contributed by atoms with Crippen LogP contribution in [-0.4, -0.2) is 0 Å². The molecule has 0 atom stereocenters. The van der Waals surface area contributed by atoms with Gasteiger partial charge in [0.25, 0.3) is 0 Å². The highest BCUT2D eigenvalue weighted by molar-refractivity contribution is 5.72. The Morgan fingerprint density at radius 1 is 1.06 bits per heavy atom. The highest BCUT2D eigenvalue weighted by Crippen LogP contribution is 2.27. The maximum Gasteiger partial charge on any atom is 0.0321 e. The van der Waals surface area contributed by atoms with E-state index in [0.29, 0.717) is 5.92 Å². The van der Waals surface area contributed by atoms with Crippen molar-refractivity contribution in [3.8, 4) is 23.5 Å². The number of terminal acetylenes is 1. The molecule has 90 valence electrons. The molecule has 2 aromatic carbocycles. The number of hydrogen-bond acceptors (Lipinski definition) is 0. The molecule has 0 aliphatic carbocycles. The summed E-state index contributed by atoms with van der Waals surface area (Å²) in [4.78, 5) is 0. The second kappa shape index (κ2) is 5.10. The Bertz CT molecular complexity index is 598. The van der Waals surface area contributed by atoms with Crippen molar-refractivity contribution < 1.29 is 0 Å². The molecule has 0 fully saturated rings. The third-order valence-electron chi connectivity index (χ3n) is 3.19. The van der Waals surface area contributed by atoms with E-state index in [2.05, 4.69) is 63.1 Å². The number of hydrogen-bond donors (Lipinski definition) is 0. The van der Waals surface area contributed by atoms with E-state index in [1.54, 1.807) is 0 Å². The summed E-state index contributed by atoms with van der Waals surface area (Å²) in [5.41, 5.74) is 5.90. The van der Waals surface area contributed by atoms with E-state index in [4.69, 9.17) is 6.42 Å². The molecule has 0 aliphatic rings. The first-order chi connectivity index (χ1) is 8.61. The third-order valence-corrected chi connectivity index (χ3v) is 3.19. The van der Waals surface area contributed by atoms with Crippen LogP contribution >= 0.6 is 0 Å². The maximum absolute atomic E-state index is 5.59. The zero-order valence-electron chi connectivity index (χ0n) is 11.2. The molecule has 0 N–H and O–H groups in total. The normalized spacial score (nSPS) is 10.4. The quantitative estimate of drug-likeness (QED) is 0.657. The number of benzene rings is 2. The van der Waals surface area contributed by atoms with Crippen LogP contribution in [-0.2, 0) is 0 Å². The molecule has 0 radical (unpaired) electrons. The summed E-state index contributed by atoms with van der Waals surface area (Å²) >= 11 is 0. The minimum absolute atomic E-state index is 0.532. The largest absolute Gasteiger partial charge is 0.115 e. The molecule has 0 saturated carbocycles. The molecule has 0 spiro atoms. The van der Waals surface area contributed by atoms with Gasteiger partial charge in [0.1, 0.15) is 0 Å². The molecule has 0 saturated heterocycles. The first-order valence-corrected chi connectivity index (χ1v) is 6.29. The van der Waals surface area contributed by atoms with Gasteiger partial charge in [0.2, 0.25) is 0 Å². The van der Waals surface area contributed by atoms with E-state index >= 15 is 0 Å². The topological polar surface area (TPSA) is 0 Å². The van der Waals surface area contributed by atoms with Crippen LogP contribution in [0.3, 0.4) is 0 Å². The second-order valence-corrected chi connectivity index (χ2v) is 4.97. The molecule has 0 aromatic heterocycles. The lowest BCUT2D eigenvalue weighted by Gasteiger charge is -2.10. The third kappa shape index (κ3) is 2.46. The van der Waals surface area contributed by atoms with Gasteiger partial charge in [0, 0.05) is 5.56 Å². The summed E-state index contributed by atoms with van der Waals surface area (Å²) in [7, 11) is 0. The molecular weight excluding hydrogens is 216 g/mol. The van der Waals surface area contributed by atoms with Gasteiger partial charge in [0.05, 0.1) is 0 Å². The van der Waals surface area contributed by atoms with E-state index < -0.39 is 0 Å². The van der Waals surface area contributed by atoms with Crippen LogP contribution in [0.2, 0.25) is 0 Å². The van der Waals surface area contributed by atoms with Gasteiger partial charge in [-0.25, -0.2) is 0 Å². The van der Waals surface area contributed by atoms with Crippen molar-refractivity contribution in [2.45, 2.75) is 26.7 Å². The Hall–Kier alpha value is -2.00. The predicted molar refractivity (Wildman–Crippen MR) is 78.6 cm³/mol. The Balaban J connectivity index is 2.58. The molecule has 0 nitrogen and oxygen atoms in total. The van der Waals surface area contributed by atoms with Crippen LogP contribution in [0, 0.1) is 19.3 Å². The van der Waals surface area contributed by atoms with Crippen molar-refractivity contribution in [2.75, 3.05) is 0 Å². The summed E-state index contributed by atoms with van der Waals surface area (Å²) < 4.78 is 0. The van der Waals surface area contributed by atoms with Crippen molar-refractivity contribution in [2.24, 2.45) is 0 Å². The van der Waals surface area contributed by atoms with Crippen LogP contribution in [0.25, 0.3) is 11.1 Å². The van der Waals surface area contributed by atoms with E-state index in [-0.39, 0.29) is 0 Å². The summed E-state index contributed by atoms with van der Waals surface area (Å²) in [6.07, 6.45) is 5.59. The highest BCUT2D eigenvalue weighted by atomic mass is 14.1. The summed E-state index contributed by atoms with van der Waals surface area (Å²) in [6.45, 7) is 6.50. The Labute approximate surface area is 110 Å². The minimum atomic E-state index is 0.532. The van der Waals surface area contributed by atoms with Gasteiger partial charge >= 0.3 is 0 Å². The fraction of sp³-hybridized carbons (Fsp3) is 0.222.